The van der Waals surface area contributed by atoms with Crippen LogP contribution in [0.1, 0.15) is 5.56 Å². The molecular weight excluding hydrogens is 287 g/mol. The molecule has 0 spiro atoms. The molecule has 3 aromatic rings. The lowest BCUT2D eigenvalue weighted by Crippen LogP contribution is -2.03. The number of anilines is 1. The van der Waals surface area contributed by atoms with Gasteiger partial charge in [-0.15, -0.1) is 0 Å². The van der Waals surface area contributed by atoms with Gasteiger partial charge in [0.15, 0.2) is 0 Å². The van der Waals surface area contributed by atoms with Crippen molar-refractivity contribution in [2.24, 2.45) is 0 Å². The summed E-state index contributed by atoms with van der Waals surface area (Å²) in [6.07, 6.45) is 1.39. The van der Waals surface area contributed by atoms with Gasteiger partial charge in [-0.1, -0.05) is 12.1 Å². The van der Waals surface area contributed by atoms with Crippen LogP contribution in [0.4, 0.5) is 15.9 Å². The Morgan fingerprint density at radius 2 is 1.91 bits per heavy atom. The number of rotatable bonds is 4. The van der Waals surface area contributed by atoms with Gasteiger partial charge in [0.1, 0.15) is 18.0 Å². The SMILES string of the molecule is O=[N+]([O-])c1ccc2ncnc(NCc3ccc(F)cc3)c2c1. The van der Waals surface area contributed by atoms with Gasteiger partial charge in [0, 0.05) is 24.1 Å². The first-order chi connectivity index (χ1) is 10.6. The molecule has 2 aromatic carbocycles. The zero-order chi connectivity index (χ0) is 15.5. The van der Waals surface area contributed by atoms with Crippen molar-refractivity contribution in [3.8, 4) is 0 Å². The topological polar surface area (TPSA) is 81.0 Å². The molecule has 0 radical (unpaired) electrons. The third-order valence-electron chi connectivity index (χ3n) is 3.20. The quantitative estimate of drug-likeness (QED) is 0.590. The molecule has 0 bridgehead atoms. The van der Waals surface area contributed by atoms with Gasteiger partial charge in [-0.25, -0.2) is 14.4 Å². The van der Waals surface area contributed by atoms with E-state index in [9.17, 15) is 14.5 Å². The van der Waals surface area contributed by atoms with E-state index in [0.29, 0.717) is 23.3 Å². The number of non-ortho nitro benzene ring substituents is 1. The Bertz CT molecular complexity index is 837. The van der Waals surface area contributed by atoms with Gasteiger partial charge < -0.3 is 5.32 Å². The summed E-state index contributed by atoms with van der Waals surface area (Å²) in [5.41, 5.74) is 1.47. The summed E-state index contributed by atoms with van der Waals surface area (Å²) in [6, 6.07) is 10.5. The molecule has 7 heteroatoms. The number of nitro benzene ring substituents is 1. The molecule has 0 aliphatic heterocycles. The molecule has 1 aromatic heterocycles. The monoisotopic (exact) mass is 298 g/mol. The van der Waals surface area contributed by atoms with Crippen LogP contribution in [0.3, 0.4) is 0 Å². The minimum absolute atomic E-state index is 0.0212. The maximum atomic E-state index is 12.9. The number of nitrogens with one attached hydrogen (secondary N) is 1. The van der Waals surface area contributed by atoms with E-state index in [0.717, 1.165) is 5.56 Å². The van der Waals surface area contributed by atoms with Crippen molar-refractivity contribution in [2.45, 2.75) is 6.54 Å². The van der Waals surface area contributed by atoms with Gasteiger partial charge in [-0.05, 0) is 23.8 Å². The fraction of sp³-hybridized carbons (Fsp3) is 0.0667. The summed E-state index contributed by atoms with van der Waals surface area (Å²) in [7, 11) is 0. The average molecular weight is 298 g/mol. The van der Waals surface area contributed by atoms with Crippen LogP contribution in [0.2, 0.25) is 0 Å². The molecule has 1 N–H and O–H groups in total. The second kappa shape index (κ2) is 5.72. The molecule has 0 unspecified atom stereocenters. The molecule has 0 aliphatic carbocycles. The number of halogens is 1. The lowest BCUT2D eigenvalue weighted by molar-refractivity contribution is -0.384. The van der Waals surface area contributed by atoms with Crippen LogP contribution in [0.15, 0.2) is 48.8 Å². The smallest absolute Gasteiger partial charge is 0.270 e. The van der Waals surface area contributed by atoms with Gasteiger partial charge in [0.2, 0.25) is 0 Å². The molecule has 3 rings (SSSR count). The summed E-state index contributed by atoms with van der Waals surface area (Å²) in [5.74, 6) is 0.199. The number of fused-ring (bicyclic) bond motifs is 1. The van der Waals surface area contributed by atoms with E-state index in [-0.39, 0.29) is 11.5 Å². The van der Waals surface area contributed by atoms with Crippen LogP contribution < -0.4 is 5.32 Å². The predicted molar refractivity (Wildman–Crippen MR) is 79.9 cm³/mol. The number of hydrogen-bond acceptors (Lipinski definition) is 5. The van der Waals surface area contributed by atoms with Crippen molar-refractivity contribution in [3.63, 3.8) is 0 Å². The van der Waals surface area contributed by atoms with Crippen molar-refractivity contribution in [1.29, 1.82) is 0 Å². The van der Waals surface area contributed by atoms with Crippen LogP contribution in [0.5, 0.6) is 0 Å². The second-order valence-corrected chi connectivity index (χ2v) is 4.66. The molecule has 0 fully saturated rings. The number of nitrogens with zero attached hydrogens (tertiary/aromatic N) is 3. The normalized spacial score (nSPS) is 10.6. The Morgan fingerprint density at radius 3 is 2.64 bits per heavy atom. The van der Waals surface area contributed by atoms with E-state index in [2.05, 4.69) is 15.3 Å². The van der Waals surface area contributed by atoms with Crippen LogP contribution in [-0.4, -0.2) is 14.9 Å². The zero-order valence-electron chi connectivity index (χ0n) is 11.4. The Balaban J connectivity index is 1.90. The van der Waals surface area contributed by atoms with Crippen molar-refractivity contribution in [3.05, 3.63) is 70.3 Å². The fourth-order valence-corrected chi connectivity index (χ4v) is 2.09. The van der Waals surface area contributed by atoms with Gasteiger partial charge >= 0.3 is 0 Å². The van der Waals surface area contributed by atoms with Gasteiger partial charge in [-0.3, -0.25) is 10.1 Å². The second-order valence-electron chi connectivity index (χ2n) is 4.66. The molecule has 6 nitrogen and oxygen atoms in total. The molecule has 22 heavy (non-hydrogen) atoms. The minimum Gasteiger partial charge on any atom is -0.365 e. The highest BCUT2D eigenvalue weighted by molar-refractivity contribution is 5.90. The van der Waals surface area contributed by atoms with Crippen molar-refractivity contribution < 1.29 is 9.31 Å². The Kier molecular flexibility index (Phi) is 3.61. The van der Waals surface area contributed by atoms with Gasteiger partial charge in [0.05, 0.1) is 10.4 Å². The highest BCUT2D eigenvalue weighted by Crippen LogP contribution is 2.24. The van der Waals surface area contributed by atoms with E-state index in [1.54, 1.807) is 18.2 Å². The first-order valence-corrected chi connectivity index (χ1v) is 6.51. The van der Waals surface area contributed by atoms with Crippen molar-refractivity contribution >= 4 is 22.4 Å². The standard InChI is InChI=1S/C15H11FN4O2/c16-11-3-1-10(2-4-11)8-17-15-13-7-12(20(21)22)5-6-14(13)18-9-19-15/h1-7,9H,8H2,(H,17,18,19). The third kappa shape index (κ3) is 2.83. The van der Waals surface area contributed by atoms with Crippen LogP contribution >= 0.6 is 0 Å². The summed E-state index contributed by atoms with van der Waals surface area (Å²) in [4.78, 5) is 18.6. The molecule has 0 atom stereocenters. The van der Waals surface area contributed by atoms with Crippen LogP contribution in [0, 0.1) is 15.9 Å². The summed E-state index contributed by atoms with van der Waals surface area (Å²) in [6.45, 7) is 0.426. The fourth-order valence-electron chi connectivity index (χ4n) is 2.09. The molecule has 0 saturated heterocycles. The maximum Gasteiger partial charge on any atom is 0.270 e. The highest BCUT2D eigenvalue weighted by Gasteiger charge is 2.10. The van der Waals surface area contributed by atoms with E-state index in [1.807, 2.05) is 0 Å². The molecule has 0 aliphatic rings. The van der Waals surface area contributed by atoms with Crippen LogP contribution in [-0.2, 0) is 6.54 Å². The minimum atomic E-state index is -0.462. The third-order valence-corrected chi connectivity index (χ3v) is 3.20. The molecular formula is C15H11FN4O2. The average Bonchev–Trinajstić information content (AvgIpc) is 2.53. The lowest BCUT2D eigenvalue weighted by atomic mass is 10.2. The summed E-state index contributed by atoms with van der Waals surface area (Å²) in [5, 5.41) is 14.5. The number of nitro groups is 1. The van der Waals surface area contributed by atoms with Gasteiger partial charge in [-0.2, -0.15) is 0 Å². The molecule has 110 valence electrons. The van der Waals surface area contributed by atoms with E-state index < -0.39 is 4.92 Å². The first-order valence-electron chi connectivity index (χ1n) is 6.51. The van der Waals surface area contributed by atoms with Crippen LogP contribution in [0.25, 0.3) is 10.9 Å². The zero-order valence-corrected chi connectivity index (χ0v) is 11.4. The maximum absolute atomic E-state index is 12.9. The van der Waals surface area contributed by atoms with E-state index in [4.69, 9.17) is 0 Å². The van der Waals surface area contributed by atoms with Crippen molar-refractivity contribution in [2.75, 3.05) is 5.32 Å². The Labute approximate surface area is 124 Å². The van der Waals surface area contributed by atoms with Crippen molar-refractivity contribution in [1.82, 2.24) is 9.97 Å². The molecule has 1 heterocycles. The lowest BCUT2D eigenvalue weighted by Gasteiger charge is -2.08. The largest absolute Gasteiger partial charge is 0.365 e. The molecule has 0 amide bonds. The van der Waals surface area contributed by atoms with E-state index >= 15 is 0 Å². The Morgan fingerprint density at radius 1 is 1.14 bits per heavy atom. The highest BCUT2D eigenvalue weighted by atomic mass is 19.1. The van der Waals surface area contributed by atoms with Gasteiger partial charge in [0.25, 0.3) is 5.69 Å². The summed E-state index contributed by atoms with van der Waals surface area (Å²) < 4.78 is 12.9. The first kappa shape index (κ1) is 13.9. The predicted octanol–water partition coefficient (Wildman–Crippen LogP) is 3.29. The number of hydrogen-bond donors (Lipinski definition) is 1. The number of aromatic nitrogens is 2. The Hall–Kier alpha value is -3.09. The number of benzene rings is 2. The molecule has 0 saturated carbocycles. The summed E-state index contributed by atoms with van der Waals surface area (Å²) >= 11 is 0. The van der Waals surface area contributed by atoms with E-state index in [1.165, 1.54) is 30.6 Å².